The van der Waals surface area contributed by atoms with Crippen LogP contribution in [-0.2, 0) is 16.0 Å². The Balaban J connectivity index is 1.35. The van der Waals surface area contributed by atoms with E-state index < -0.39 is 0 Å². The number of thiazole rings is 1. The molecule has 4 rings (SSSR count). The first-order valence-corrected chi connectivity index (χ1v) is 9.66. The highest BCUT2D eigenvalue weighted by Gasteiger charge is 2.33. The Kier molecular flexibility index (Phi) is 4.67. The van der Waals surface area contributed by atoms with Gasteiger partial charge in [0.2, 0.25) is 11.8 Å². The number of benzene rings is 1. The van der Waals surface area contributed by atoms with Gasteiger partial charge in [0.25, 0.3) is 0 Å². The highest BCUT2D eigenvalue weighted by Crippen LogP contribution is 2.23. The number of hydrogen-bond acceptors (Lipinski definition) is 5. The van der Waals surface area contributed by atoms with E-state index in [1.807, 2.05) is 23.1 Å². The molecule has 1 N–H and O–H groups in total. The molecule has 2 saturated heterocycles. The molecule has 0 saturated carbocycles. The van der Waals surface area contributed by atoms with Gasteiger partial charge in [-0.2, -0.15) is 0 Å². The Labute approximate surface area is 150 Å². The number of amides is 2. The lowest BCUT2D eigenvalue weighted by Gasteiger charge is -2.32. The fourth-order valence-electron chi connectivity index (χ4n) is 3.63. The molecule has 132 valence electrons. The molecule has 2 fully saturated rings. The molecule has 3 heterocycles. The third kappa shape index (κ3) is 3.52. The summed E-state index contributed by atoms with van der Waals surface area (Å²) in [7, 11) is 0. The Morgan fingerprint density at radius 3 is 3.00 bits per heavy atom. The zero-order chi connectivity index (χ0) is 17.2. The molecule has 6 nitrogen and oxygen atoms in total. The topological polar surface area (TPSA) is 65.5 Å². The summed E-state index contributed by atoms with van der Waals surface area (Å²) in [6.07, 6.45) is 1.89. The summed E-state index contributed by atoms with van der Waals surface area (Å²) in [6.45, 7) is 3.74. The average molecular weight is 358 g/mol. The Morgan fingerprint density at radius 1 is 1.24 bits per heavy atom. The molecule has 25 heavy (non-hydrogen) atoms. The predicted octanol–water partition coefficient (Wildman–Crippen LogP) is 1.26. The van der Waals surface area contributed by atoms with Crippen molar-refractivity contribution < 1.29 is 9.59 Å². The number of aromatic nitrogens is 1. The molecule has 2 aliphatic rings. The summed E-state index contributed by atoms with van der Waals surface area (Å²) in [4.78, 5) is 33.3. The van der Waals surface area contributed by atoms with E-state index in [-0.39, 0.29) is 17.9 Å². The maximum Gasteiger partial charge on any atom is 0.237 e. The van der Waals surface area contributed by atoms with E-state index in [0.717, 1.165) is 30.0 Å². The van der Waals surface area contributed by atoms with E-state index in [1.54, 1.807) is 11.3 Å². The number of nitrogens with zero attached hydrogens (tertiary/aromatic N) is 3. The predicted molar refractivity (Wildman–Crippen MR) is 97.5 cm³/mol. The number of fused-ring (bicyclic) bond motifs is 2. The molecule has 0 radical (unpaired) electrons. The van der Waals surface area contributed by atoms with Crippen molar-refractivity contribution >= 4 is 33.4 Å². The van der Waals surface area contributed by atoms with Crippen molar-refractivity contribution in [2.24, 2.45) is 0 Å². The zero-order valence-corrected chi connectivity index (χ0v) is 14.9. The Hall–Kier alpha value is -1.99. The van der Waals surface area contributed by atoms with Gasteiger partial charge in [0.15, 0.2) is 0 Å². The van der Waals surface area contributed by atoms with Gasteiger partial charge in [-0.15, -0.1) is 11.3 Å². The zero-order valence-electron chi connectivity index (χ0n) is 14.1. The van der Waals surface area contributed by atoms with Gasteiger partial charge in [-0.1, -0.05) is 12.1 Å². The molecular weight excluding hydrogens is 336 g/mol. The summed E-state index contributed by atoms with van der Waals surface area (Å²) >= 11 is 1.66. The van der Waals surface area contributed by atoms with Crippen LogP contribution in [0.15, 0.2) is 24.3 Å². The lowest BCUT2D eigenvalue weighted by Crippen LogP contribution is -2.55. The fraction of sp³-hybridized carbons (Fsp3) is 0.500. The standard InChI is InChI=1S/C18H22N4O2S/c23-17(6-5-16-20-13-3-1-2-4-15(13)25-16)22-9-7-14-18(24)19-8-10-21(14)11-12-22/h1-4,14H,5-12H2,(H,19,24). The van der Waals surface area contributed by atoms with Crippen LogP contribution in [-0.4, -0.2) is 65.4 Å². The third-order valence-electron chi connectivity index (χ3n) is 5.01. The van der Waals surface area contributed by atoms with Crippen LogP contribution in [0.2, 0.25) is 0 Å². The summed E-state index contributed by atoms with van der Waals surface area (Å²) < 4.78 is 1.17. The molecule has 1 atom stereocenters. The van der Waals surface area contributed by atoms with Crippen molar-refractivity contribution in [3.63, 3.8) is 0 Å². The van der Waals surface area contributed by atoms with Crippen LogP contribution >= 0.6 is 11.3 Å². The van der Waals surface area contributed by atoms with E-state index in [1.165, 1.54) is 4.70 Å². The second kappa shape index (κ2) is 7.09. The molecular formula is C18H22N4O2S. The third-order valence-corrected chi connectivity index (χ3v) is 6.11. The number of hydrogen-bond donors (Lipinski definition) is 1. The second-order valence-electron chi connectivity index (χ2n) is 6.59. The molecule has 1 aromatic heterocycles. The Morgan fingerprint density at radius 2 is 2.12 bits per heavy atom. The van der Waals surface area contributed by atoms with Crippen LogP contribution in [0.1, 0.15) is 17.8 Å². The van der Waals surface area contributed by atoms with Crippen molar-refractivity contribution in [1.82, 2.24) is 20.1 Å². The number of carbonyl (C=O) groups excluding carboxylic acids is 2. The number of aryl methyl sites for hydroxylation is 1. The van der Waals surface area contributed by atoms with Crippen LogP contribution in [0.5, 0.6) is 0 Å². The molecule has 2 amide bonds. The van der Waals surface area contributed by atoms with E-state index >= 15 is 0 Å². The highest BCUT2D eigenvalue weighted by atomic mass is 32.1. The summed E-state index contributed by atoms with van der Waals surface area (Å²) in [5.74, 6) is 0.273. The average Bonchev–Trinajstić information content (AvgIpc) is 2.91. The molecule has 0 aliphatic carbocycles. The minimum Gasteiger partial charge on any atom is -0.353 e. The van der Waals surface area contributed by atoms with E-state index in [0.29, 0.717) is 32.5 Å². The van der Waals surface area contributed by atoms with Gasteiger partial charge in [0.05, 0.1) is 21.3 Å². The van der Waals surface area contributed by atoms with Gasteiger partial charge in [0, 0.05) is 45.6 Å². The fourth-order valence-corrected chi connectivity index (χ4v) is 4.60. The van der Waals surface area contributed by atoms with Gasteiger partial charge in [0.1, 0.15) is 0 Å². The largest absolute Gasteiger partial charge is 0.353 e. The minimum absolute atomic E-state index is 0.0733. The number of rotatable bonds is 3. The van der Waals surface area contributed by atoms with Gasteiger partial charge in [-0.3, -0.25) is 14.5 Å². The van der Waals surface area contributed by atoms with Crippen LogP contribution in [0, 0.1) is 0 Å². The van der Waals surface area contributed by atoms with Crippen LogP contribution in [0.25, 0.3) is 10.2 Å². The van der Waals surface area contributed by atoms with Gasteiger partial charge in [-0.05, 0) is 18.6 Å². The minimum atomic E-state index is -0.0733. The summed E-state index contributed by atoms with van der Waals surface area (Å²) in [5, 5.41) is 3.94. The Bertz CT molecular complexity index is 757. The van der Waals surface area contributed by atoms with Crippen molar-refractivity contribution in [2.45, 2.75) is 25.3 Å². The highest BCUT2D eigenvalue weighted by molar-refractivity contribution is 7.18. The number of nitrogens with one attached hydrogen (secondary N) is 1. The first-order chi connectivity index (χ1) is 12.2. The van der Waals surface area contributed by atoms with Crippen LogP contribution < -0.4 is 5.32 Å². The van der Waals surface area contributed by atoms with Gasteiger partial charge < -0.3 is 10.2 Å². The van der Waals surface area contributed by atoms with Crippen molar-refractivity contribution in [2.75, 3.05) is 32.7 Å². The summed E-state index contributed by atoms with van der Waals surface area (Å²) in [6, 6.07) is 7.99. The lowest BCUT2D eigenvalue weighted by atomic mass is 10.1. The number of piperazine rings is 1. The molecule has 1 aromatic carbocycles. The first kappa shape index (κ1) is 16.5. The van der Waals surface area contributed by atoms with Crippen LogP contribution in [0.4, 0.5) is 0 Å². The normalized spacial score (nSPS) is 21.7. The molecule has 2 aromatic rings. The SMILES string of the molecule is O=C1NCCN2CCN(C(=O)CCc3nc4ccccc4s3)CCC12. The maximum atomic E-state index is 12.6. The van der Waals surface area contributed by atoms with E-state index in [9.17, 15) is 9.59 Å². The number of carbonyl (C=O) groups is 2. The van der Waals surface area contributed by atoms with Crippen LogP contribution in [0.3, 0.4) is 0 Å². The van der Waals surface area contributed by atoms with E-state index in [2.05, 4.69) is 21.3 Å². The molecule has 0 bridgehead atoms. The van der Waals surface area contributed by atoms with Crippen molar-refractivity contribution in [3.05, 3.63) is 29.3 Å². The molecule has 7 heteroatoms. The van der Waals surface area contributed by atoms with E-state index in [4.69, 9.17) is 0 Å². The molecule has 1 unspecified atom stereocenters. The van der Waals surface area contributed by atoms with Crippen molar-refractivity contribution in [1.29, 1.82) is 0 Å². The first-order valence-electron chi connectivity index (χ1n) is 8.85. The van der Waals surface area contributed by atoms with Gasteiger partial charge >= 0.3 is 0 Å². The summed E-state index contributed by atoms with van der Waals surface area (Å²) in [5.41, 5.74) is 1.01. The second-order valence-corrected chi connectivity index (χ2v) is 7.70. The molecule has 0 spiro atoms. The lowest BCUT2D eigenvalue weighted by molar-refractivity contribution is -0.131. The maximum absolute atomic E-state index is 12.6. The van der Waals surface area contributed by atoms with Crippen molar-refractivity contribution in [3.8, 4) is 0 Å². The number of para-hydroxylation sites is 1. The smallest absolute Gasteiger partial charge is 0.237 e. The monoisotopic (exact) mass is 358 g/mol. The molecule has 2 aliphatic heterocycles. The van der Waals surface area contributed by atoms with Gasteiger partial charge in [-0.25, -0.2) is 4.98 Å². The quantitative estimate of drug-likeness (QED) is 0.897.